The number of carbonyl (C=O) groups is 2. The fraction of sp³-hybridized carbons (Fsp3) is 0.600. The molecule has 0 atom stereocenters. The first-order valence-corrected chi connectivity index (χ1v) is 2.52. The van der Waals surface area contributed by atoms with E-state index in [1.54, 1.807) is 0 Å². The fourth-order valence-electron chi connectivity index (χ4n) is 0.377. The Balaban J connectivity index is -0.000000107. The zero-order valence-corrected chi connectivity index (χ0v) is 12.0. The van der Waals surface area contributed by atoms with E-state index in [2.05, 4.69) is 0 Å². The topological polar surface area (TPSA) is 80.3 Å². The summed E-state index contributed by atoms with van der Waals surface area (Å²) in [6.45, 7) is 0. The second-order valence-electron chi connectivity index (χ2n) is 1.60. The molecular weight excluding hydrogens is 205 g/mol. The minimum absolute atomic E-state index is 0. The molecule has 0 saturated heterocycles. The molecule has 60 valence electrons. The maximum atomic E-state index is 9.66. The second kappa shape index (κ2) is 14.7. The Morgan fingerprint density at radius 2 is 1.17 bits per heavy atom. The summed E-state index contributed by atoms with van der Waals surface area (Å²) in [5, 5.41) is 19.3. The summed E-state index contributed by atoms with van der Waals surface area (Å²) in [5.74, 6) is -2.45. The maximum absolute atomic E-state index is 9.66. The van der Waals surface area contributed by atoms with E-state index in [0.29, 0.717) is 0 Å². The number of carboxylic acid groups (broad SMARTS) is 2. The number of hydrogen-bond acceptors (Lipinski definition) is 4. The zero-order chi connectivity index (χ0) is 7.28. The minimum atomic E-state index is -1.23. The monoisotopic (exact) mass is 212 g/mol. The van der Waals surface area contributed by atoms with E-state index < -0.39 is 11.9 Å². The van der Waals surface area contributed by atoms with Crippen molar-refractivity contribution in [2.45, 2.75) is 19.3 Å². The molecule has 0 aliphatic heterocycles. The third kappa shape index (κ3) is 22.5. The molecule has 0 bridgehead atoms. The van der Waals surface area contributed by atoms with Gasteiger partial charge in [-0.3, -0.25) is 0 Å². The van der Waals surface area contributed by atoms with Crippen LogP contribution >= 0.6 is 12.4 Å². The number of rotatable bonds is 4. The Morgan fingerprint density at radius 3 is 1.33 bits per heavy atom. The van der Waals surface area contributed by atoms with E-state index in [1.807, 2.05) is 0 Å². The second-order valence-corrected chi connectivity index (χ2v) is 1.60. The van der Waals surface area contributed by atoms with Gasteiger partial charge in [0.25, 0.3) is 0 Å². The summed E-state index contributed by atoms with van der Waals surface area (Å²) < 4.78 is 0. The Bertz CT molecular complexity index is 117. The van der Waals surface area contributed by atoms with E-state index in [9.17, 15) is 19.8 Å². The summed E-state index contributed by atoms with van der Waals surface area (Å²) in [6.07, 6.45) is -0.341. The quantitative estimate of drug-likeness (QED) is 0.434. The summed E-state index contributed by atoms with van der Waals surface area (Å²) in [5.41, 5.74) is 0. The molecule has 4 nitrogen and oxygen atoms in total. The van der Waals surface area contributed by atoms with E-state index in [-0.39, 0.29) is 90.8 Å². The Morgan fingerprint density at radius 1 is 0.917 bits per heavy atom. The Kier molecular flexibility index (Phi) is 28.5. The van der Waals surface area contributed by atoms with Gasteiger partial charge in [0.1, 0.15) is 0 Å². The number of carboxylic acids is 2. The minimum Gasteiger partial charge on any atom is -0.550 e. The molecule has 0 aliphatic carbocycles. The van der Waals surface area contributed by atoms with Gasteiger partial charge in [-0.25, -0.2) is 0 Å². The molecule has 0 aliphatic rings. The summed E-state index contributed by atoms with van der Waals surface area (Å²) in [7, 11) is 0. The molecule has 0 fully saturated rings. The Hall–Kier alpha value is 1.23. The molecule has 0 aromatic rings. The molecule has 0 spiro atoms. The summed E-state index contributed by atoms with van der Waals surface area (Å²) >= 11 is 0. The van der Waals surface area contributed by atoms with Crippen molar-refractivity contribution in [1.29, 1.82) is 0 Å². The average Bonchev–Trinajstić information content (AvgIpc) is 1.63. The van der Waals surface area contributed by atoms with Crippen LogP contribution in [0, 0.1) is 0 Å². The van der Waals surface area contributed by atoms with Crippen molar-refractivity contribution in [3.63, 3.8) is 0 Å². The SMILES string of the molecule is Cl.O=C([O-])CCCC(=O)[O-].[Na+].[Na+]. The van der Waals surface area contributed by atoms with Gasteiger partial charge in [-0.15, -0.1) is 12.4 Å². The van der Waals surface area contributed by atoms with Gasteiger partial charge in [-0.2, -0.15) is 0 Å². The van der Waals surface area contributed by atoms with Gasteiger partial charge in [-0.1, -0.05) is 0 Å². The third-order valence-corrected chi connectivity index (χ3v) is 0.762. The smallest absolute Gasteiger partial charge is 0.550 e. The number of halogens is 1. The summed E-state index contributed by atoms with van der Waals surface area (Å²) in [6, 6.07) is 0. The molecule has 0 heterocycles. The van der Waals surface area contributed by atoms with Crippen LogP contribution in [0.3, 0.4) is 0 Å². The van der Waals surface area contributed by atoms with Crippen LogP contribution in [0.2, 0.25) is 0 Å². The molecule has 0 unspecified atom stereocenters. The van der Waals surface area contributed by atoms with Crippen molar-refractivity contribution in [3.8, 4) is 0 Å². The largest absolute Gasteiger partial charge is 1.00 e. The molecule has 0 amide bonds. The van der Waals surface area contributed by atoms with Crippen LogP contribution in [0.25, 0.3) is 0 Å². The van der Waals surface area contributed by atoms with Crippen molar-refractivity contribution in [2.24, 2.45) is 0 Å². The molecule has 12 heavy (non-hydrogen) atoms. The fourth-order valence-corrected chi connectivity index (χ4v) is 0.377. The predicted octanol–water partition coefficient (Wildman–Crippen LogP) is -7.91. The van der Waals surface area contributed by atoms with Crippen molar-refractivity contribution in [3.05, 3.63) is 0 Å². The van der Waals surface area contributed by atoms with Gasteiger partial charge in [0.15, 0.2) is 0 Å². The first-order valence-electron chi connectivity index (χ1n) is 2.52. The molecule has 0 saturated carbocycles. The molecule has 0 rings (SSSR count). The van der Waals surface area contributed by atoms with Crippen molar-refractivity contribution in [2.75, 3.05) is 0 Å². The zero-order valence-electron chi connectivity index (χ0n) is 7.16. The Labute approximate surface area is 121 Å². The van der Waals surface area contributed by atoms with Crippen LogP contribution in [-0.4, -0.2) is 11.9 Å². The van der Waals surface area contributed by atoms with E-state index >= 15 is 0 Å². The number of carbonyl (C=O) groups excluding carboxylic acids is 2. The van der Waals surface area contributed by atoms with Crippen LogP contribution < -0.4 is 69.3 Å². The first kappa shape index (κ1) is 23.2. The molecule has 0 aromatic carbocycles. The number of aliphatic carboxylic acids is 2. The van der Waals surface area contributed by atoms with E-state index in [0.717, 1.165) is 0 Å². The maximum Gasteiger partial charge on any atom is 1.00 e. The third-order valence-electron chi connectivity index (χ3n) is 0.762. The average molecular weight is 213 g/mol. The van der Waals surface area contributed by atoms with Crippen molar-refractivity contribution < 1.29 is 78.9 Å². The van der Waals surface area contributed by atoms with Gasteiger partial charge in [0, 0.05) is 11.9 Å². The first-order chi connectivity index (χ1) is 4.13. The van der Waals surface area contributed by atoms with Crippen LogP contribution in [0.5, 0.6) is 0 Å². The molecular formula is C5H7ClNa2O4. The normalized spacial score (nSPS) is 6.67. The van der Waals surface area contributed by atoms with Gasteiger partial charge >= 0.3 is 59.1 Å². The van der Waals surface area contributed by atoms with Gasteiger partial charge in [0.05, 0.1) is 0 Å². The van der Waals surface area contributed by atoms with Crippen LogP contribution in [0.1, 0.15) is 19.3 Å². The molecule has 0 radical (unpaired) electrons. The molecule has 0 aromatic heterocycles. The van der Waals surface area contributed by atoms with Crippen LogP contribution in [0.15, 0.2) is 0 Å². The van der Waals surface area contributed by atoms with Gasteiger partial charge in [-0.05, 0) is 19.3 Å². The van der Waals surface area contributed by atoms with Gasteiger partial charge in [0.2, 0.25) is 0 Å². The van der Waals surface area contributed by atoms with Crippen LogP contribution in [0.4, 0.5) is 0 Å². The molecule has 7 heteroatoms. The predicted molar refractivity (Wildman–Crippen MR) is 31.1 cm³/mol. The van der Waals surface area contributed by atoms with E-state index in [4.69, 9.17) is 0 Å². The molecule has 0 N–H and O–H groups in total. The van der Waals surface area contributed by atoms with E-state index in [1.165, 1.54) is 0 Å². The van der Waals surface area contributed by atoms with Crippen molar-refractivity contribution in [1.82, 2.24) is 0 Å². The standard InChI is InChI=1S/C5H8O4.ClH.2Na/c6-4(7)2-1-3-5(8)9;;;/h1-3H2,(H,6,7)(H,8,9);1H;;/q;;2*+1/p-2. The van der Waals surface area contributed by atoms with Gasteiger partial charge < -0.3 is 19.8 Å². The van der Waals surface area contributed by atoms with Crippen LogP contribution in [-0.2, 0) is 9.59 Å². The number of hydrogen-bond donors (Lipinski definition) is 0. The van der Waals surface area contributed by atoms with Crippen molar-refractivity contribution >= 4 is 24.3 Å². The summed E-state index contributed by atoms with van der Waals surface area (Å²) in [4.78, 5) is 19.3.